The molecular weight excluding hydrogens is 300 g/mol. The summed E-state index contributed by atoms with van der Waals surface area (Å²) < 4.78 is 0. The van der Waals surface area contributed by atoms with Crippen molar-refractivity contribution in [3.05, 3.63) is 59.4 Å². The van der Waals surface area contributed by atoms with E-state index in [1.165, 1.54) is 0 Å². The highest BCUT2D eigenvalue weighted by Gasteiger charge is 2.10. The molecule has 124 valence electrons. The van der Waals surface area contributed by atoms with E-state index < -0.39 is 6.10 Å². The normalized spacial score (nSPS) is 12.3. The highest BCUT2D eigenvalue weighted by atomic mass is 16.3. The number of benzene rings is 2. The topological polar surface area (TPSA) is 70.9 Å². The largest absolute Gasteiger partial charge is 0.387 e. The molecule has 0 radical (unpaired) electrons. The molecule has 1 unspecified atom stereocenters. The maximum Gasteiger partial charge on any atom is 0.243 e. The Morgan fingerprint density at radius 2 is 1.71 bits per heavy atom. The van der Waals surface area contributed by atoms with Crippen LogP contribution in [0.5, 0.6) is 0 Å². The van der Waals surface area contributed by atoms with Crippen LogP contribution >= 0.6 is 0 Å². The van der Waals surface area contributed by atoms with Crippen molar-refractivity contribution in [3.63, 3.8) is 0 Å². The summed E-state index contributed by atoms with van der Waals surface area (Å²) in [5.41, 5.74) is 2.75. The first-order chi connectivity index (χ1) is 11.7. The molecule has 0 spiro atoms. The number of aromatic nitrogens is 3. The van der Waals surface area contributed by atoms with Gasteiger partial charge in [-0.15, -0.1) is 5.10 Å². The molecule has 0 fully saturated rings. The molecule has 0 bridgehead atoms. The Hall–Kier alpha value is -2.53. The molecule has 1 atom stereocenters. The monoisotopic (exact) mass is 322 g/mol. The maximum atomic E-state index is 10.4. The summed E-state index contributed by atoms with van der Waals surface area (Å²) in [6, 6.07) is 14.1. The molecule has 2 N–H and O–H groups in total. The summed E-state index contributed by atoms with van der Waals surface area (Å²) >= 11 is 0. The van der Waals surface area contributed by atoms with Crippen LogP contribution < -0.4 is 5.32 Å². The lowest BCUT2D eigenvalue weighted by Crippen LogP contribution is -2.16. The van der Waals surface area contributed by atoms with Gasteiger partial charge in [0.05, 0.1) is 17.5 Å². The minimum absolute atomic E-state index is 0.342. The number of rotatable bonds is 6. The third-order valence-electron chi connectivity index (χ3n) is 4.12. The molecule has 0 saturated carbocycles. The molecular formula is C19H22N4O. The number of aliphatic hydroxyl groups excluding tert-OH is 1. The van der Waals surface area contributed by atoms with E-state index >= 15 is 0 Å². The first-order valence-electron chi connectivity index (χ1n) is 8.34. The predicted molar refractivity (Wildman–Crippen MR) is 96.0 cm³/mol. The number of hydrogen-bond donors (Lipinski definition) is 2. The Kier molecular flexibility index (Phi) is 5.01. The molecule has 3 rings (SSSR count). The molecule has 0 amide bonds. The Labute approximate surface area is 141 Å². The summed E-state index contributed by atoms with van der Waals surface area (Å²) in [4.78, 5) is 4.48. The molecule has 0 aliphatic heterocycles. The molecule has 1 aromatic heterocycles. The summed E-state index contributed by atoms with van der Waals surface area (Å²) in [6.45, 7) is 4.44. The maximum absolute atomic E-state index is 10.4. The molecule has 1 heterocycles. The first-order valence-corrected chi connectivity index (χ1v) is 8.34. The fourth-order valence-corrected chi connectivity index (χ4v) is 2.73. The second-order valence-corrected chi connectivity index (χ2v) is 5.74. The van der Waals surface area contributed by atoms with Crippen LogP contribution in [-0.4, -0.2) is 26.8 Å². The van der Waals surface area contributed by atoms with E-state index in [4.69, 9.17) is 0 Å². The molecule has 5 nitrogen and oxygen atoms in total. The fraction of sp³-hybridized carbons (Fsp3) is 0.316. The van der Waals surface area contributed by atoms with Crippen LogP contribution in [0, 0.1) is 0 Å². The van der Waals surface area contributed by atoms with Gasteiger partial charge in [-0.3, -0.25) is 0 Å². The van der Waals surface area contributed by atoms with Gasteiger partial charge in [0.1, 0.15) is 0 Å². The second kappa shape index (κ2) is 7.36. The van der Waals surface area contributed by atoms with Gasteiger partial charge in [-0.05, 0) is 35.2 Å². The number of aliphatic hydroxyl groups is 1. The number of nitrogens with zero attached hydrogens (tertiary/aromatic N) is 3. The molecule has 24 heavy (non-hydrogen) atoms. The Morgan fingerprint density at radius 3 is 2.46 bits per heavy atom. The van der Waals surface area contributed by atoms with Gasteiger partial charge in [-0.2, -0.15) is 5.10 Å². The zero-order valence-corrected chi connectivity index (χ0v) is 14.0. The van der Waals surface area contributed by atoms with E-state index in [1.807, 2.05) is 43.3 Å². The third-order valence-corrected chi connectivity index (χ3v) is 4.12. The van der Waals surface area contributed by atoms with Crippen LogP contribution in [0.3, 0.4) is 0 Å². The van der Waals surface area contributed by atoms with E-state index in [0.717, 1.165) is 40.6 Å². The van der Waals surface area contributed by atoms with E-state index in [2.05, 4.69) is 33.5 Å². The van der Waals surface area contributed by atoms with Crippen molar-refractivity contribution in [1.82, 2.24) is 15.2 Å². The minimum Gasteiger partial charge on any atom is -0.387 e. The fourth-order valence-electron chi connectivity index (χ4n) is 2.73. The van der Waals surface area contributed by atoms with Crippen molar-refractivity contribution in [1.29, 1.82) is 0 Å². The summed E-state index contributed by atoms with van der Waals surface area (Å²) in [5.74, 6) is 0.462. The van der Waals surface area contributed by atoms with Gasteiger partial charge >= 0.3 is 0 Å². The van der Waals surface area contributed by atoms with E-state index in [0.29, 0.717) is 12.5 Å². The van der Waals surface area contributed by atoms with Crippen molar-refractivity contribution in [3.8, 4) is 0 Å². The van der Waals surface area contributed by atoms with Crippen LogP contribution in [0.15, 0.2) is 42.5 Å². The van der Waals surface area contributed by atoms with E-state index in [-0.39, 0.29) is 0 Å². The standard InChI is InChI=1S/C19H22N4O/c1-3-16-17(4-2)22-23-19(21-16)20-12-18(24)15-10-9-13-7-5-6-8-14(13)11-15/h5-11,18,24H,3-4,12H2,1-2H3,(H,20,21,23). The molecule has 2 aromatic carbocycles. The van der Waals surface area contributed by atoms with E-state index in [9.17, 15) is 5.11 Å². The van der Waals surface area contributed by atoms with Gasteiger partial charge in [-0.25, -0.2) is 4.98 Å². The van der Waals surface area contributed by atoms with E-state index in [1.54, 1.807) is 0 Å². The quantitative estimate of drug-likeness (QED) is 0.728. The number of aryl methyl sites for hydroxylation is 2. The van der Waals surface area contributed by atoms with Crippen LogP contribution in [-0.2, 0) is 12.8 Å². The summed E-state index contributed by atoms with van der Waals surface area (Å²) in [5, 5.41) is 24.1. The average Bonchev–Trinajstić information content (AvgIpc) is 2.65. The lowest BCUT2D eigenvalue weighted by molar-refractivity contribution is 0.191. The summed E-state index contributed by atoms with van der Waals surface area (Å²) in [6.07, 6.45) is 1.01. The van der Waals surface area contributed by atoms with Crippen LogP contribution in [0.25, 0.3) is 10.8 Å². The predicted octanol–water partition coefficient (Wildman–Crippen LogP) is 3.30. The highest BCUT2D eigenvalue weighted by molar-refractivity contribution is 5.83. The highest BCUT2D eigenvalue weighted by Crippen LogP contribution is 2.20. The Bertz CT molecular complexity index is 834. The van der Waals surface area contributed by atoms with Gasteiger partial charge in [0.25, 0.3) is 0 Å². The van der Waals surface area contributed by atoms with Gasteiger partial charge in [0, 0.05) is 6.54 Å². The van der Waals surface area contributed by atoms with Crippen LogP contribution in [0.2, 0.25) is 0 Å². The van der Waals surface area contributed by atoms with Crippen LogP contribution in [0.4, 0.5) is 5.95 Å². The number of hydrogen-bond acceptors (Lipinski definition) is 5. The lowest BCUT2D eigenvalue weighted by atomic mass is 10.0. The smallest absolute Gasteiger partial charge is 0.243 e. The first kappa shape index (κ1) is 16.3. The van der Waals surface area contributed by atoms with Crippen molar-refractivity contribution in [2.75, 3.05) is 11.9 Å². The SMILES string of the molecule is CCc1nnc(NCC(O)c2ccc3ccccc3c2)nc1CC. The van der Waals surface area contributed by atoms with Crippen molar-refractivity contribution >= 4 is 16.7 Å². The van der Waals surface area contributed by atoms with Crippen LogP contribution in [0.1, 0.15) is 36.9 Å². The second-order valence-electron chi connectivity index (χ2n) is 5.74. The van der Waals surface area contributed by atoms with Crippen molar-refractivity contribution in [2.24, 2.45) is 0 Å². The molecule has 3 aromatic rings. The number of nitrogens with one attached hydrogen (secondary N) is 1. The zero-order chi connectivity index (χ0) is 16.9. The molecule has 5 heteroatoms. The van der Waals surface area contributed by atoms with Gasteiger partial charge in [0.2, 0.25) is 5.95 Å². The third kappa shape index (κ3) is 3.51. The van der Waals surface area contributed by atoms with Gasteiger partial charge in [-0.1, -0.05) is 50.2 Å². The van der Waals surface area contributed by atoms with Gasteiger partial charge in [0.15, 0.2) is 0 Å². The molecule has 0 aliphatic carbocycles. The Morgan fingerprint density at radius 1 is 0.958 bits per heavy atom. The number of fused-ring (bicyclic) bond motifs is 1. The minimum atomic E-state index is -0.630. The molecule has 0 aliphatic rings. The number of anilines is 1. The molecule has 0 saturated heterocycles. The zero-order valence-electron chi connectivity index (χ0n) is 14.0. The van der Waals surface area contributed by atoms with Gasteiger partial charge < -0.3 is 10.4 Å². The summed E-state index contributed by atoms with van der Waals surface area (Å²) in [7, 11) is 0. The Balaban J connectivity index is 1.71. The lowest BCUT2D eigenvalue weighted by Gasteiger charge is -2.13. The van der Waals surface area contributed by atoms with Crippen molar-refractivity contribution < 1.29 is 5.11 Å². The van der Waals surface area contributed by atoms with Crippen molar-refractivity contribution in [2.45, 2.75) is 32.8 Å². The average molecular weight is 322 g/mol.